The van der Waals surface area contributed by atoms with Crippen LogP contribution in [0.15, 0.2) is 72.4 Å². The molecule has 180 valence electrons. The van der Waals surface area contributed by atoms with Crippen molar-refractivity contribution in [1.82, 2.24) is 0 Å². The van der Waals surface area contributed by atoms with E-state index in [9.17, 15) is 9.59 Å². The van der Waals surface area contributed by atoms with Crippen LogP contribution in [0.3, 0.4) is 0 Å². The highest BCUT2D eigenvalue weighted by atomic mass is 16.5. The summed E-state index contributed by atoms with van der Waals surface area (Å²) >= 11 is 0. The molecule has 0 saturated carbocycles. The van der Waals surface area contributed by atoms with Crippen molar-refractivity contribution in [2.75, 3.05) is 16.8 Å². The number of ether oxygens (including phenoxy) is 1. The van der Waals surface area contributed by atoms with Crippen LogP contribution >= 0.6 is 0 Å². The first-order chi connectivity index (χ1) is 16.6. The second kappa shape index (κ2) is 9.41. The number of imide groups is 1. The van der Waals surface area contributed by atoms with Gasteiger partial charge >= 0.3 is 0 Å². The van der Waals surface area contributed by atoms with Gasteiger partial charge in [0, 0.05) is 11.8 Å². The Morgan fingerprint density at radius 1 is 0.857 bits per heavy atom. The Morgan fingerprint density at radius 3 is 2.20 bits per heavy atom. The largest absolute Gasteiger partial charge is 0.494 e. The van der Waals surface area contributed by atoms with Gasteiger partial charge < -0.3 is 10.1 Å². The Hall–Kier alpha value is -3.86. The van der Waals surface area contributed by atoms with E-state index in [4.69, 9.17) is 4.74 Å². The number of aryl methyl sites for hydroxylation is 2. The standard InChI is InChI=1S/C30H32N2O3/c1-7-35-25-10-8-9-23(18-25)31-27-26(21-12-11-19(2)20(3)17-21)28(33)32(29(27)34)24-15-13-22(14-16-24)30(4,5)6/h8-18,31H,7H2,1-6H3. The molecule has 2 amide bonds. The monoisotopic (exact) mass is 468 g/mol. The molecule has 1 aliphatic rings. The van der Waals surface area contributed by atoms with Gasteiger partial charge in [-0.25, -0.2) is 4.90 Å². The van der Waals surface area contributed by atoms with E-state index in [0.717, 1.165) is 16.7 Å². The number of amides is 2. The van der Waals surface area contributed by atoms with Crippen LogP contribution in [0.5, 0.6) is 5.75 Å². The summed E-state index contributed by atoms with van der Waals surface area (Å²) in [7, 11) is 0. The molecule has 1 heterocycles. The number of nitrogens with zero attached hydrogens (tertiary/aromatic N) is 1. The third kappa shape index (κ3) is 4.85. The third-order valence-electron chi connectivity index (χ3n) is 6.29. The molecule has 1 aliphatic heterocycles. The zero-order valence-corrected chi connectivity index (χ0v) is 21.2. The van der Waals surface area contributed by atoms with Crippen molar-refractivity contribution in [3.05, 3.63) is 94.7 Å². The number of hydrogen-bond acceptors (Lipinski definition) is 4. The van der Waals surface area contributed by atoms with Crippen molar-refractivity contribution < 1.29 is 14.3 Å². The summed E-state index contributed by atoms with van der Waals surface area (Å²) in [5.74, 6) is -0.0315. The Bertz CT molecular complexity index is 1310. The maximum atomic E-state index is 13.7. The number of carbonyl (C=O) groups excluding carboxylic acids is 2. The highest BCUT2D eigenvalue weighted by Crippen LogP contribution is 2.35. The van der Waals surface area contributed by atoms with Crippen LogP contribution in [-0.2, 0) is 15.0 Å². The lowest BCUT2D eigenvalue weighted by atomic mass is 9.87. The molecule has 0 radical (unpaired) electrons. The second-order valence-corrected chi connectivity index (χ2v) is 9.88. The zero-order chi connectivity index (χ0) is 25.3. The van der Waals surface area contributed by atoms with Gasteiger partial charge in [0.05, 0.1) is 17.9 Å². The van der Waals surface area contributed by atoms with Gasteiger partial charge in [-0.2, -0.15) is 0 Å². The number of anilines is 2. The maximum Gasteiger partial charge on any atom is 0.282 e. The highest BCUT2D eigenvalue weighted by Gasteiger charge is 2.40. The van der Waals surface area contributed by atoms with E-state index in [0.29, 0.717) is 34.9 Å². The van der Waals surface area contributed by atoms with E-state index < -0.39 is 0 Å². The lowest BCUT2D eigenvalue weighted by molar-refractivity contribution is -0.120. The summed E-state index contributed by atoms with van der Waals surface area (Å²) in [5, 5.41) is 3.23. The summed E-state index contributed by atoms with van der Waals surface area (Å²) in [6.07, 6.45) is 0. The quantitative estimate of drug-likeness (QED) is 0.426. The molecule has 0 aliphatic carbocycles. The first-order valence-corrected chi connectivity index (χ1v) is 11.9. The SMILES string of the molecule is CCOc1cccc(NC2=C(c3ccc(C)c(C)c3)C(=O)N(c3ccc(C(C)(C)C)cc3)C2=O)c1. The Kier molecular flexibility index (Phi) is 6.53. The van der Waals surface area contributed by atoms with Gasteiger partial charge in [-0.15, -0.1) is 0 Å². The topological polar surface area (TPSA) is 58.6 Å². The molecule has 0 bridgehead atoms. The van der Waals surface area contributed by atoms with Crippen LogP contribution in [0.25, 0.3) is 5.57 Å². The van der Waals surface area contributed by atoms with Crippen LogP contribution in [0.1, 0.15) is 49.9 Å². The number of rotatable bonds is 6. The second-order valence-electron chi connectivity index (χ2n) is 9.88. The molecule has 3 aromatic rings. The number of benzene rings is 3. The lowest BCUT2D eigenvalue weighted by Gasteiger charge is -2.21. The van der Waals surface area contributed by atoms with E-state index in [2.05, 4.69) is 26.1 Å². The fraction of sp³-hybridized carbons (Fsp3) is 0.267. The van der Waals surface area contributed by atoms with Crippen molar-refractivity contribution in [3.63, 3.8) is 0 Å². The van der Waals surface area contributed by atoms with E-state index in [-0.39, 0.29) is 22.9 Å². The lowest BCUT2D eigenvalue weighted by Crippen LogP contribution is -2.32. The summed E-state index contributed by atoms with van der Waals surface area (Å²) in [5.41, 5.74) is 5.84. The number of nitrogens with one attached hydrogen (secondary N) is 1. The van der Waals surface area contributed by atoms with Crippen LogP contribution in [-0.4, -0.2) is 18.4 Å². The number of hydrogen-bond donors (Lipinski definition) is 1. The molecule has 4 rings (SSSR count). The average Bonchev–Trinajstić information content (AvgIpc) is 3.05. The van der Waals surface area contributed by atoms with Crippen LogP contribution in [0.4, 0.5) is 11.4 Å². The molecule has 0 spiro atoms. The van der Waals surface area contributed by atoms with Gasteiger partial charge in [0.2, 0.25) is 0 Å². The maximum absolute atomic E-state index is 13.7. The summed E-state index contributed by atoms with van der Waals surface area (Å²) in [6, 6.07) is 20.9. The zero-order valence-electron chi connectivity index (χ0n) is 21.2. The molecule has 0 fully saturated rings. The average molecular weight is 469 g/mol. The normalized spacial score (nSPS) is 14.1. The molecule has 5 nitrogen and oxygen atoms in total. The highest BCUT2D eigenvalue weighted by molar-refractivity contribution is 6.46. The molecular weight excluding hydrogens is 436 g/mol. The van der Waals surface area contributed by atoms with Gasteiger partial charge in [0.25, 0.3) is 11.8 Å². The molecule has 5 heteroatoms. The van der Waals surface area contributed by atoms with Crippen molar-refractivity contribution >= 4 is 28.8 Å². The molecule has 1 N–H and O–H groups in total. The van der Waals surface area contributed by atoms with Crippen LogP contribution in [0, 0.1) is 13.8 Å². The minimum atomic E-state index is -0.381. The van der Waals surface area contributed by atoms with Crippen LogP contribution in [0.2, 0.25) is 0 Å². The first kappa shape index (κ1) is 24.3. The predicted octanol–water partition coefficient (Wildman–Crippen LogP) is 6.40. The molecule has 3 aromatic carbocycles. The minimum absolute atomic E-state index is 0.0291. The summed E-state index contributed by atoms with van der Waals surface area (Å²) < 4.78 is 5.61. The fourth-order valence-electron chi connectivity index (χ4n) is 4.13. The predicted molar refractivity (Wildman–Crippen MR) is 142 cm³/mol. The summed E-state index contributed by atoms with van der Waals surface area (Å²) in [6.45, 7) is 12.9. The van der Waals surface area contributed by atoms with Gasteiger partial charge in [-0.05, 0) is 72.7 Å². The Balaban J connectivity index is 1.79. The van der Waals surface area contributed by atoms with Gasteiger partial charge in [-0.3, -0.25) is 9.59 Å². The van der Waals surface area contributed by atoms with Gasteiger partial charge in [-0.1, -0.05) is 57.2 Å². The molecular formula is C30H32N2O3. The minimum Gasteiger partial charge on any atom is -0.494 e. The van der Waals surface area contributed by atoms with Crippen molar-refractivity contribution in [2.24, 2.45) is 0 Å². The smallest absolute Gasteiger partial charge is 0.282 e. The first-order valence-electron chi connectivity index (χ1n) is 11.9. The molecule has 0 aromatic heterocycles. The van der Waals surface area contributed by atoms with Crippen molar-refractivity contribution in [1.29, 1.82) is 0 Å². The molecule has 0 atom stereocenters. The molecule has 0 saturated heterocycles. The van der Waals surface area contributed by atoms with Gasteiger partial charge in [0.1, 0.15) is 11.4 Å². The Labute approximate surface area is 207 Å². The van der Waals surface area contributed by atoms with E-state index in [1.807, 2.05) is 87.5 Å². The van der Waals surface area contributed by atoms with Crippen LogP contribution < -0.4 is 15.0 Å². The van der Waals surface area contributed by atoms with E-state index in [1.165, 1.54) is 4.90 Å². The Morgan fingerprint density at radius 2 is 1.57 bits per heavy atom. The fourth-order valence-corrected chi connectivity index (χ4v) is 4.13. The van der Waals surface area contributed by atoms with Crippen molar-refractivity contribution in [3.8, 4) is 5.75 Å². The van der Waals surface area contributed by atoms with E-state index in [1.54, 1.807) is 0 Å². The molecule has 0 unspecified atom stereocenters. The van der Waals surface area contributed by atoms with Crippen molar-refractivity contribution in [2.45, 2.75) is 47.0 Å². The number of carbonyl (C=O) groups is 2. The van der Waals surface area contributed by atoms with E-state index >= 15 is 0 Å². The molecule has 35 heavy (non-hydrogen) atoms. The van der Waals surface area contributed by atoms with Gasteiger partial charge in [0.15, 0.2) is 0 Å². The summed E-state index contributed by atoms with van der Waals surface area (Å²) in [4.78, 5) is 28.7. The third-order valence-corrected chi connectivity index (χ3v) is 6.29.